The first-order chi connectivity index (χ1) is 5.00. The van der Waals surface area contributed by atoms with Crippen LogP contribution in [0, 0.1) is 6.92 Å². The van der Waals surface area contributed by atoms with E-state index in [1.807, 2.05) is 6.92 Å². The molecule has 0 aliphatic rings. The van der Waals surface area contributed by atoms with Gasteiger partial charge >= 0.3 is 0 Å². The zero-order chi connectivity index (χ0) is 8.48. The monoisotopic (exact) mass is 300 g/mol. The average Bonchev–Trinajstić information content (AvgIpc) is 1.86. The van der Waals surface area contributed by atoms with Crippen LogP contribution >= 0.6 is 0 Å². The first kappa shape index (κ1) is 11.9. The normalized spacial score (nSPS) is 10.5. The van der Waals surface area contributed by atoms with Gasteiger partial charge in [0.15, 0.2) is 0 Å². The lowest BCUT2D eigenvalue weighted by Crippen LogP contribution is -3.00. The highest BCUT2D eigenvalue weighted by Gasteiger charge is 1.97. The van der Waals surface area contributed by atoms with Gasteiger partial charge in [0.1, 0.15) is 10.1 Å². The second-order valence-electron chi connectivity index (χ2n) is 2.27. The van der Waals surface area contributed by atoms with E-state index in [-0.39, 0.29) is 28.9 Å². The Bertz CT molecular complexity index is 341. The van der Waals surface area contributed by atoms with E-state index in [1.165, 1.54) is 12.1 Å². The van der Waals surface area contributed by atoms with Crippen LogP contribution in [0.5, 0.6) is 0 Å². The van der Waals surface area contributed by atoms with Crippen molar-refractivity contribution >= 4 is 10.1 Å². The molecular weight excluding hydrogens is 291 g/mol. The van der Waals surface area contributed by atoms with E-state index in [2.05, 4.69) is 0 Å². The van der Waals surface area contributed by atoms with E-state index in [9.17, 15) is 13.0 Å². The fourth-order valence-electron chi connectivity index (χ4n) is 0.705. The third-order valence-corrected chi connectivity index (χ3v) is 2.16. The first-order valence-electron chi connectivity index (χ1n) is 3.03. The van der Waals surface area contributed by atoms with Crippen LogP contribution < -0.4 is 24.0 Å². The van der Waals surface area contributed by atoms with E-state index >= 15 is 0 Å². The van der Waals surface area contributed by atoms with Gasteiger partial charge in [0.2, 0.25) is 24.0 Å². The maximum atomic E-state index is 10.4. The fraction of sp³-hybridized carbons (Fsp3) is 0.143. The molecule has 0 N–H and O–H groups in total. The van der Waals surface area contributed by atoms with Crippen LogP contribution in [0.2, 0.25) is 0 Å². The molecule has 0 aliphatic carbocycles. The van der Waals surface area contributed by atoms with Crippen molar-refractivity contribution in [3.8, 4) is 0 Å². The highest BCUT2D eigenvalue weighted by Crippen LogP contribution is 2.08. The van der Waals surface area contributed by atoms with Crippen LogP contribution in [-0.4, -0.2) is 13.0 Å². The van der Waals surface area contributed by atoms with Gasteiger partial charge in [-0.25, -0.2) is 8.42 Å². The van der Waals surface area contributed by atoms with Crippen LogP contribution in [0.25, 0.3) is 0 Å². The topological polar surface area (TPSA) is 57.2 Å². The van der Waals surface area contributed by atoms with E-state index in [4.69, 9.17) is 0 Å². The number of aryl methyl sites for hydroxylation is 1. The Kier molecular flexibility index (Phi) is 4.15. The molecule has 5 heteroatoms. The summed E-state index contributed by atoms with van der Waals surface area (Å²) in [7, 11) is -4.27. The standard InChI is InChI=1S/C7H8O3S.H2I/c1-6-2-4-7(5-3-6)11(8,9)10;/h2-5H,1H3,(H,8,9,10);1H2/q;+1/p-1. The molecule has 12 heavy (non-hydrogen) atoms. The number of rotatable bonds is 1. The Morgan fingerprint density at radius 1 is 1.17 bits per heavy atom. The van der Waals surface area contributed by atoms with Crippen LogP contribution in [0.1, 0.15) is 5.56 Å². The SMILES string of the molecule is Cc1ccc(S(=O)(=O)[O-])cc1.[IH2+]. The molecule has 1 aromatic rings. The van der Waals surface area contributed by atoms with Gasteiger partial charge in [-0.15, -0.1) is 0 Å². The number of hydrogen-bond acceptors (Lipinski definition) is 3. The van der Waals surface area contributed by atoms with Crippen molar-refractivity contribution in [3.05, 3.63) is 29.8 Å². The molecule has 1 aromatic carbocycles. The van der Waals surface area contributed by atoms with Gasteiger partial charge in [-0.2, -0.15) is 0 Å². The lowest BCUT2D eigenvalue weighted by atomic mass is 10.2. The van der Waals surface area contributed by atoms with Crippen LogP contribution in [-0.2, 0) is 10.1 Å². The summed E-state index contributed by atoms with van der Waals surface area (Å²) in [6, 6.07) is 5.78. The Morgan fingerprint density at radius 2 is 1.58 bits per heavy atom. The summed E-state index contributed by atoms with van der Waals surface area (Å²) in [4.78, 5) is -0.178. The molecular formula is C7H9IO3S. The lowest BCUT2D eigenvalue weighted by Gasteiger charge is -2.05. The molecule has 0 spiro atoms. The fourth-order valence-corrected chi connectivity index (χ4v) is 1.17. The number of benzene rings is 1. The molecule has 0 atom stereocenters. The third-order valence-electron chi connectivity index (χ3n) is 1.31. The highest BCUT2D eigenvalue weighted by atomic mass is 127. The van der Waals surface area contributed by atoms with E-state index in [0.717, 1.165) is 5.56 Å². The van der Waals surface area contributed by atoms with Gasteiger partial charge in [0.05, 0.1) is 4.90 Å². The summed E-state index contributed by atoms with van der Waals surface area (Å²) in [6.45, 7) is 1.82. The van der Waals surface area contributed by atoms with Gasteiger partial charge in [-0.05, 0) is 19.1 Å². The predicted molar refractivity (Wildman–Crippen MR) is 41.9 cm³/mol. The second-order valence-corrected chi connectivity index (χ2v) is 3.65. The minimum Gasteiger partial charge on any atom is -0.744 e. The van der Waals surface area contributed by atoms with Crippen molar-refractivity contribution < 1.29 is 36.9 Å². The van der Waals surface area contributed by atoms with Crippen molar-refractivity contribution in [2.75, 3.05) is 0 Å². The van der Waals surface area contributed by atoms with Crippen LogP contribution in [0.15, 0.2) is 29.2 Å². The molecule has 0 heterocycles. The molecule has 1 rings (SSSR count). The minimum absolute atomic E-state index is 0. The average molecular weight is 300 g/mol. The Hall–Kier alpha value is -0.140. The molecule has 0 amide bonds. The molecule has 0 bridgehead atoms. The highest BCUT2D eigenvalue weighted by molar-refractivity contribution is 7.85. The van der Waals surface area contributed by atoms with Gasteiger partial charge < -0.3 is 4.55 Å². The smallest absolute Gasteiger partial charge is 0.235 e. The quantitative estimate of drug-likeness (QED) is 0.421. The summed E-state index contributed by atoms with van der Waals surface area (Å²) in [5.41, 5.74) is 0.928. The largest absolute Gasteiger partial charge is 0.744 e. The maximum Gasteiger partial charge on any atom is 0.235 e. The number of hydrogen-bond donors (Lipinski definition) is 0. The molecule has 0 aliphatic heterocycles. The van der Waals surface area contributed by atoms with Crippen molar-refractivity contribution in [3.63, 3.8) is 0 Å². The van der Waals surface area contributed by atoms with Crippen LogP contribution in [0.3, 0.4) is 0 Å². The summed E-state index contributed by atoms with van der Waals surface area (Å²) in [6.07, 6.45) is 0. The van der Waals surface area contributed by atoms with Crippen LogP contribution in [0.4, 0.5) is 0 Å². The van der Waals surface area contributed by atoms with Crippen molar-refractivity contribution in [1.82, 2.24) is 0 Å². The third kappa shape index (κ3) is 3.08. The van der Waals surface area contributed by atoms with Crippen molar-refractivity contribution in [2.24, 2.45) is 0 Å². The second kappa shape index (κ2) is 4.20. The van der Waals surface area contributed by atoms with Gasteiger partial charge in [0.25, 0.3) is 0 Å². The summed E-state index contributed by atoms with van der Waals surface area (Å²) < 4.78 is 31.2. The Balaban J connectivity index is 0.00000121. The zero-order valence-electron chi connectivity index (χ0n) is 6.39. The molecule has 0 saturated carbocycles. The van der Waals surface area contributed by atoms with Gasteiger partial charge in [0, 0.05) is 0 Å². The molecule has 68 valence electrons. The zero-order valence-corrected chi connectivity index (χ0v) is 9.76. The summed E-state index contributed by atoms with van der Waals surface area (Å²) >= 11 is 0. The Morgan fingerprint density at radius 3 is 1.92 bits per heavy atom. The summed E-state index contributed by atoms with van der Waals surface area (Å²) in [5.74, 6) is 0. The van der Waals surface area contributed by atoms with Gasteiger partial charge in [-0.3, -0.25) is 0 Å². The number of halogens is 1. The predicted octanol–water partition coefficient (Wildman–Crippen LogP) is -2.63. The minimum atomic E-state index is -4.27. The van der Waals surface area contributed by atoms with Crippen molar-refractivity contribution in [2.45, 2.75) is 11.8 Å². The Labute approximate surface area is 88.6 Å². The lowest BCUT2D eigenvalue weighted by molar-refractivity contribution is -0.00000666. The maximum absolute atomic E-state index is 10.4. The van der Waals surface area contributed by atoms with E-state index in [1.54, 1.807) is 12.1 Å². The van der Waals surface area contributed by atoms with E-state index in [0.29, 0.717) is 0 Å². The van der Waals surface area contributed by atoms with Gasteiger partial charge in [-0.1, -0.05) is 17.7 Å². The summed E-state index contributed by atoms with van der Waals surface area (Å²) in [5, 5.41) is 0. The molecule has 3 nitrogen and oxygen atoms in total. The molecule has 0 fully saturated rings. The first-order valence-corrected chi connectivity index (χ1v) is 4.43. The molecule has 0 aromatic heterocycles. The molecule has 0 saturated heterocycles. The van der Waals surface area contributed by atoms with Crippen molar-refractivity contribution in [1.29, 1.82) is 0 Å². The van der Waals surface area contributed by atoms with E-state index < -0.39 is 10.1 Å². The molecule has 0 unspecified atom stereocenters. The molecule has 0 radical (unpaired) electrons.